The van der Waals surface area contributed by atoms with Crippen LogP contribution in [-0.4, -0.2) is 72.2 Å². The van der Waals surface area contributed by atoms with E-state index in [1.807, 2.05) is 0 Å². The normalized spacial score (nSPS) is 0. The fraction of sp³-hybridized carbons (Fsp3) is 0. The van der Waals surface area contributed by atoms with Gasteiger partial charge in [0.15, 0.2) is 0 Å². The molecule has 0 aliphatic carbocycles. The molecule has 0 saturated carbocycles. The van der Waals surface area contributed by atoms with Gasteiger partial charge in [-0.2, -0.15) is 0 Å². The quantitative estimate of drug-likeness (QED) is 0.404. The molecule has 0 amide bonds. The van der Waals surface area contributed by atoms with E-state index in [4.69, 9.17) is 0 Å². The molecule has 0 saturated heterocycles. The summed E-state index contributed by atoms with van der Waals surface area (Å²) in [6, 6.07) is 0. The summed E-state index contributed by atoms with van der Waals surface area (Å²) in [7, 11) is 0. The van der Waals surface area contributed by atoms with Gasteiger partial charge >= 0.3 is 55.8 Å². The van der Waals surface area contributed by atoms with Crippen molar-refractivity contribution in [2.24, 2.45) is 0 Å². The van der Waals surface area contributed by atoms with Crippen LogP contribution < -0.4 is 0 Å². The first-order chi connectivity index (χ1) is 0. The van der Waals surface area contributed by atoms with Crippen molar-refractivity contribution in [2.45, 2.75) is 0 Å². The van der Waals surface area contributed by atoms with Crippen molar-refractivity contribution in [1.82, 2.24) is 0 Å². The molecule has 5 heteroatoms. The van der Waals surface area contributed by atoms with Crippen LogP contribution in [0.15, 0.2) is 0 Å². The van der Waals surface area contributed by atoms with E-state index in [1.165, 1.54) is 0 Å². The molecule has 6 N–H and O–H groups in total. The Morgan fingerprint density at radius 2 is 0.600 bits per heavy atom. The minimum atomic E-state index is 0. The standard InChI is InChI=1S/Bi.Na.3H2O.4H/h;;3*1H2;;;;. The third kappa shape index (κ3) is 26.3. The maximum absolute atomic E-state index is 0. The first-order valence-electron chi connectivity index (χ1n) is 0. The van der Waals surface area contributed by atoms with Crippen molar-refractivity contribution in [3.05, 3.63) is 0 Å². The zero-order chi connectivity index (χ0) is 0. The Bertz CT molecular complexity index is 6.85. The third-order valence-corrected chi connectivity index (χ3v) is 0. The van der Waals surface area contributed by atoms with E-state index in [-0.39, 0.29) is 72.2 Å². The molecule has 0 fully saturated rings. The van der Waals surface area contributed by atoms with E-state index < -0.39 is 0 Å². The van der Waals surface area contributed by atoms with Gasteiger partial charge in [-0.3, -0.25) is 0 Å². The van der Waals surface area contributed by atoms with Gasteiger partial charge in [0.1, 0.15) is 0 Å². The van der Waals surface area contributed by atoms with Gasteiger partial charge in [-0.25, -0.2) is 0 Å². The Labute approximate surface area is 71.5 Å². The van der Waals surface area contributed by atoms with E-state index in [0.29, 0.717) is 0 Å². The monoisotopic (exact) mass is 290 g/mol. The molecule has 3 nitrogen and oxygen atoms in total. The van der Waals surface area contributed by atoms with E-state index in [1.54, 1.807) is 0 Å². The van der Waals surface area contributed by atoms with Gasteiger partial charge in [-0.1, -0.05) is 0 Å². The molecule has 0 bridgehead atoms. The summed E-state index contributed by atoms with van der Waals surface area (Å²) in [5.74, 6) is 0. The molecule has 0 aromatic rings. The van der Waals surface area contributed by atoms with Gasteiger partial charge in [-0.05, 0) is 0 Å². The summed E-state index contributed by atoms with van der Waals surface area (Å²) in [4.78, 5) is 0. The summed E-state index contributed by atoms with van der Waals surface area (Å²) in [5, 5.41) is 0. The molecule has 0 unspecified atom stereocenters. The summed E-state index contributed by atoms with van der Waals surface area (Å²) in [6.45, 7) is 0. The Kier molecular flexibility index (Phi) is 608. The first kappa shape index (κ1) is 72.3. The van der Waals surface area contributed by atoms with Gasteiger partial charge < -0.3 is 16.4 Å². The molecular formula is H10BiNaO3. The second-order valence-electron chi connectivity index (χ2n) is 0. The molecule has 0 aromatic carbocycles. The molecule has 0 aliphatic heterocycles. The first-order valence-corrected chi connectivity index (χ1v) is 0. The molecule has 5 heavy (non-hydrogen) atoms. The summed E-state index contributed by atoms with van der Waals surface area (Å²) in [5.41, 5.74) is 0. The molecule has 34 valence electrons. The SMILES string of the molecule is O.O.O.[BiH3].[NaH]. The number of hydrogen-bond acceptors (Lipinski definition) is 0. The molecule has 0 rings (SSSR count). The van der Waals surface area contributed by atoms with Crippen LogP contribution in [0.1, 0.15) is 0 Å². The molecular weight excluding hydrogens is 280 g/mol. The average Bonchev–Trinajstić information content (AvgIpc) is 0. The molecule has 0 atom stereocenters. The zero-order valence-electron chi connectivity index (χ0n) is 2.21. The van der Waals surface area contributed by atoms with Crippen LogP contribution >= 0.6 is 0 Å². The number of hydrogen-bond donors (Lipinski definition) is 0. The van der Waals surface area contributed by atoms with E-state index >= 15 is 0 Å². The van der Waals surface area contributed by atoms with Crippen LogP contribution in [-0.2, 0) is 0 Å². The third-order valence-electron chi connectivity index (χ3n) is 0. The van der Waals surface area contributed by atoms with Crippen molar-refractivity contribution < 1.29 is 16.4 Å². The Morgan fingerprint density at radius 1 is 0.600 bits per heavy atom. The van der Waals surface area contributed by atoms with Crippen LogP contribution in [0.25, 0.3) is 0 Å². The van der Waals surface area contributed by atoms with Crippen molar-refractivity contribution in [2.75, 3.05) is 0 Å². The van der Waals surface area contributed by atoms with Crippen LogP contribution in [0.4, 0.5) is 0 Å². The topological polar surface area (TPSA) is 94.5 Å². The van der Waals surface area contributed by atoms with Crippen LogP contribution in [0.2, 0.25) is 0 Å². The Morgan fingerprint density at radius 3 is 0.600 bits per heavy atom. The van der Waals surface area contributed by atoms with Gasteiger partial charge in [0.25, 0.3) is 0 Å². The van der Waals surface area contributed by atoms with Gasteiger partial charge in [0.2, 0.25) is 0 Å². The second kappa shape index (κ2) is 42.1. The Balaban J connectivity index is 0. The molecule has 0 aromatic heterocycles. The van der Waals surface area contributed by atoms with Crippen LogP contribution in [0, 0.1) is 0 Å². The van der Waals surface area contributed by atoms with Crippen molar-refractivity contribution in [3.63, 3.8) is 0 Å². The van der Waals surface area contributed by atoms with Crippen molar-refractivity contribution in [3.8, 4) is 0 Å². The maximum atomic E-state index is 0. The fourth-order valence-corrected chi connectivity index (χ4v) is 0. The molecule has 0 heterocycles. The zero-order valence-corrected chi connectivity index (χ0v) is 7.70. The van der Waals surface area contributed by atoms with Gasteiger partial charge in [0, 0.05) is 0 Å². The summed E-state index contributed by atoms with van der Waals surface area (Å²) in [6.07, 6.45) is 0. The number of rotatable bonds is 0. The van der Waals surface area contributed by atoms with Crippen molar-refractivity contribution >= 4 is 55.8 Å². The van der Waals surface area contributed by atoms with E-state index in [2.05, 4.69) is 0 Å². The molecule has 0 radical (unpaired) electrons. The van der Waals surface area contributed by atoms with Crippen molar-refractivity contribution in [1.29, 1.82) is 0 Å². The molecule has 0 spiro atoms. The summed E-state index contributed by atoms with van der Waals surface area (Å²) < 4.78 is 0. The van der Waals surface area contributed by atoms with Gasteiger partial charge in [-0.15, -0.1) is 0 Å². The average molecular weight is 290 g/mol. The van der Waals surface area contributed by atoms with Crippen LogP contribution in [0.5, 0.6) is 0 Å². The predicted octanol–water partition coefficient (Wildman–Crippen LogP) is -4.31. The van der Waals surface area contributed by atoms with E-state index in [9.17, 15) is 0 Å². The fourth-order valence-electron chi connectivity index (χ4n) is 0. The van der Waals surface area contributed by atoms with Crippen LogP contribution in [0.3, 0.4) is 0 Å². The summed E-state index contributed by atoms with van der Waals surface area (Å²) >= 11 is 0. The van der Waals surface area contributed by atoms with Gasteiger partial charge in [0.05, 0.1) is 0 Å². The second-order valence-corrected chi connectivity index (χ2v) is 0. The molecule has 0 aliphatic rings. The van der Waals surface area contributed by atoms with E-state index in [0.717, 1.165) is 0 Å². The minimum absolute atomic E-state index is 0. The Hall–Kier alpha value is 1.76. The predicted molar refractivity (Wildman–Crippen MR) is 27.9 cm³/mol.